The lowest BCUT2D eigenvalue weighted by molar-refractivity contribution is 0.380. The van der Waals surface area contributed by atoms with Crippen molar-refractivity contribution < 1.29 is 8.42 Å². The molecule has 0 amide bonds. The molecule has 7 heteroatoms. The van der Waals surface area contributed by atoms with E-state index in [1.165, 1.54) is 27.7 Å². The van der Waals surface area contributed by atoms with E-state index < -0.39 is 10.0 Å². The Labute approximate surface area is 137 Å². The fourth-order valence-corrected chi connectivity index (χ4v) is 4.50. The Hall–Kier alpha value is -1.86. The van der Waals surface area contributed by atoms with Crippen LogP contribution in [-0.2, 0) is 17.1 Å². The third kappa shape index (κ3) is 2.98. The van der Waals surface area contributed by atoms with Crippen LogP contribution in [0.15, 0.2) is 35.5 Å². The summed E-state index contributed by atoms with van der Waals surface area (Å²) in [6.45, 7) is 6.53. The molecule has 1 aliphatic heterocycles. The molecule has 1 aromatic heterocycles. The first-order chi connectivity index (χ1) is 10.9. The molecule has 2 aromatic rings. The zero-order chi connectivity index (χ0) is 16.6. The molecular formula is C16H22N4O2S. The van der Waals surface area contributed by atoms with E-state index >= 15 is 0 Å². The predicted molar refractivity (Wildman–Crippen MR) is 90.1 cm³/mol. The van der Waals surface area contributed by atoms with Crippen molar-refractivity contribution in [1.29, 1.82) is 0 Å². The molecule has 2 heterocycles. The minimum Gasteiger partial charge on any atom is -0.369 e. The molecule has 23 heavy (non-hydrogen) atoms. The first kappa shape index (κ1) is 16.0. The molecular weight excluding hydrogens is 312 g/mol. The summed E-state index contributed by atoms with van der Waals surface area (Å²) < 4.78 is 28.3. The molecule has 0 atom stereocenters. The molecule has 0 unspecified atom stereocenters. The van der Waals surface area contributed by atoms with Gasteiger partial charge in [-0.15, -0.1) is 0 Å². The van der Waals surface area contributed by atoms with Crippen molar-refractivity contribution in [2.24, 2.45) is 7.05 Å². The van der Waals surface area contributed by atoms with Crippen LogP contribution < -0.4 is 4.90 Å². The quantitative estimate of drug-likeness (QED) is 0.854. The Balaban J connectivity index is 1.76. The topological polar surface area (TPSA) is 58.4 Å². The van der Waals surface area contributed by atoms with Crippen LogP contribution in [0.5, 0.6) is 0 Å². The van der Waals surface area contributed by atoms with Gasteiger partial charge in [-0.1, -0.05) is 12.1 Å². The van der Waals surface area contributed by atoms with Gasteiger partial charge in [0, 0.05) is 38.9 Å². The van der Waals surface area contributed by atoms with Gasteiger partial charge >= 0.3 is 0 Å². The van der Waals surface area contributed by atoms with Crippen molar-refractivity contribution in [3.8, 4) is 0 Å². The van der Waals surface area contributed by atoms with Gasteiger partial charge in [0.2, 0.25) is 0 Å². The lowest BCUT2D eigenvalue weighted by Crippen LogP contribution is -2.49. The maximum atomic E-state index is 12.7. The third-order valence-electron chi connectivity index (χ3n) is 4.32. The molecule has 0 aliphatic carbocycles. The van der Waals surface area contributed by atoms with Gasteiger partial charge in [-0.05, 0) is 37.1 Å². The van der Waals surface area contributed by atoms with Gasteiger partial charge in [-0.2, -0.15) is 9.40 Å². The summed E-state index contributed by atoms with van der Waals surface area (Å²) in [7, 11) is -1.81. The van der Waals surface area contributed by atoms with Gasteiger partial charge in [-0.25, -0.2) is 8.42 Å². The minimum atomic E-state index is -3.47. The minimum absolute atomic E-state index is 0.248. The van der Waals surface area contributed by atoms with Crippen LogP contribution in [0.1, 0.15) is 11.1 Å². The molecule has 0 N–H and O–H groups in total. The molecule has 1 fully saturated rings. The van der Waals surface area contributed by atoms with Crippen molar-refractivity contribution in [1.82, 2.24) is 14.1 Å². The van der Waals surface area contributed by atoms with Gasteiger partial charge in [0.1, 0.15) is 0 Å². The van der Waals surface area contributed by atoms with Crippen molar-refractivity contribution in [3.63, 3.8) is 0 Å². The highest BCUT2D eigenvalue weighted by molar-refractivity contribution is 7.89. The number of nitrogens with zero attached hydrogens (tertiary/aromatic N) is 4. The summed E-state index contributed by atoms with van der Waals surface area (Å²) in [4.78, 5) is 2.26. The normalized spacial score (nSPS) is 16.7. The predicted octanol–water partition coefficient (Wildman–Crippen LogP) is 1.55. The Morgan fingerprint density at radius 1 is 1.04 bits per heavy atom. The molecule has 124 valence electrons. The smallest absolute Gasteiger partial charge is 0.260 e. The number of anilines is 1. The van der Waals surface area contributed by atoms with E-state index in [2.05, 4.69) is 42.0 Å². The highest BCUT2D eigenvalue weighted by atomic mass is 32.2. The zero-order valence-electron chi connectivity index (χ0n) is 13.7. The van der Waals surface area contributed by atoms with Gasteiger partial charge in [0.15, 0.2) is 5.03 Å². The number of aromatic nitrogens is 2. The van der Waals surface area contributed by atoms with E-state index in [4.69, 9.17) is 0 Å². The maximum Gasteiger partial charge on any atom is 0.260 e. The van der Waals surface area contributed by atoms with Gasteiger partial charge < -0.3 is 4.90 Å². The largest absolute Gasteiger partial charge is 0.369 e. The van der Waals surface area contributed by atoms with E-state index in [0.29, 0.717) is 26.2 Å². The van der Waals surface area contributed by atoms with E-state index in [-0.39, 0.29) is 5.03 Å². The molecule has 3 rings (SSSR count). The van der Waals surface area contributed by atoms with E-state index in [0.717, 1.165) is 0 Å². The number of sulfonamides is 1. The number of benzene rings is 1. The second-order valence-electron chi connectivity index (χ2n) is 5.97. The van der Waals surface area contributed by atoms with Crippen LogP contribution in [0, 0.1) is 13.8 Å². The van der Waals surface area contributed by atoms with Crippen LogP contribution >= 0.6 is 0 Å². The number of hydrogen-bond acceptors (Lipinski definition) is 4. The summed E-state index contributed by atoms with van der Waals surface area (Å²) in [6, 6.07) is 7.93. The highest BCUT2D eigenvalue weighted by Crippen LogP contribution is 2.24. The SMILES string of the molecule is Cc1ccc(C)c(N2CCN(S(=O)(=O)c3ccnn3C)CC2)c1. The van der Waals surface area contributed by atoms with E-state index in [9.17, 15) is 8.42 Å². The Bertz CT molecular complexity index is 805. The molecule has 6 nitrogen and oxygen atoms in total. The number of piperazine rings is 1. The zero-order valence-corrected chi connectivity index (χ0v) is 14.5. The first-order valence-electron chi connectivity index (χ1n) is 7.70. The second kappa shape index (κ2) is 5.98. The van der Waals surface area contributed by atoms with Crippen LogP contribution in [0.3, 0.4) is 0 Å². The van der Waals surface area contributed by atoms with Gasteiger partial charge in [0.25, 0.3) is 10.0 Å². The summed E-state index contributed by atoms with van der Waals surface area (Å²) in [5.74, 6) is 0. The lowest BCUT2D eigenvalue weighted by atomic mass is 10.1. The van der Waals surface area contributed by atoms with Crippen molar-refractivity contribution in [2.75, 3.05) is 31.1 Å². The molecule has 0 radical (unpaired) electrons. The average Bonchev–Trinajstić information content (AvgIpc) is 2.97. The second-order valence-corrected chi connectivity index (χ2v) is 7.86. The highest BCUT2D eigenvalue weighted by Gasteiger charge is 2.30. The maximum absolute atomic E-state index is 12.7. The number of hydrogen-bond donors (Lipinski definition) is 0. The Morgan fingerprint density at radius 2 is 1.74 bits per heavy atom. The lowest BCUT2D eigenvalue weighted by Gasteiger charge is -2.36. The molecule has 0 bridgehead atoms. The third-order valence-corrected chi connectivity index (χ3v) is 6.30. The van der Waals surface area contributed by atoms with Crippen LogP contribution in [0.2, 0.25) is 0 Å². The van der Waals surface area contributed by atoms with Gasteiger partial charge in [-0.3, -0.25) is 4.68 Å². The van der Waals surface area contributed by atoms with Gasteiger partial charge in [0.05, 0.1) is 6.20 Å². The summed E-state index contributed by atoms with van der Waals surface area (Å²) in [6.07, 6.45) is 1.51. The fraction of sp³-hybridized carbons (Fsp3) is 0.438. The van der Waals surface area contributed by atoms with E-state index in [1.807, 2.05) is 0 Å². The molecule has 1 saturated heterocycles. The average molecular weight is 334 g/mol. The number of rotatable bonds is 3. The Morgan fingerprint density at radius 3 is 2.35 bits per heavy atom. The first-order valence-corrected chi connectivity index (χ1v) is 9.14. The fourth-order valence-electron chi connectivity index (χ4n) is 2.98. The monoisotopic (exact) mass is 334 g/mol. The molecule has 0 spiro atoms. The standard InChI is InChI=1S/C16H22N4O2S/c1-13-4-5-14(2)15(12-13)19-8-10-20(11-9-19)23(21,22)16-6-7-17-18(16)3/h4-7,12H,8-11H2,1-3H3. The van der Waals surface area contributed by atoms with Crippen LogP contribution in [-0.4, -0.2) is 48.7 Å². The molecule has 1 aromatic carbocycles. The van der Waals surface area contributed by atoms with Crippen LogP contribution in [0.4, 0.5) is 5.69 Å². The van der Waals surface area contributed by atoms with Crippen molar-refractivity contribution in [3.05, 3.63) is 41.6 Å². The molecule has 0 saturated carbocycles. The van der Waals surface area contributed by atoms with Crippen molar-refractivity contribution >= 4 is 15.7 Å². The summed E-state index contributed by atoms with van der Waals surface area (Å²) >= 11 is 0. The van der Waals surface area contributed by atoms with Crippen LogP contribution in [0.25, 0.3) is 0 Å². The Kier molecular flexibility index (Phi) is 4.16. The summed E-state index contributed by atoms with van der Waals surface area (Å²) in [5.41, 5.74) is 3.64. The van der Waals surface area contributed by atoms with E-state index in [1.54, 1.807) is 17.4 Å². The summed E-state index contributed by atoms with van der Waals surface area (Å²) in [5, 5.41) is 4.21. The number of aryl methyl sites for hydroxylation is 3. The molecule has 1 aliphatic rings. The van der Waals surface area contributed by atoms with Crippen molar-refractivity contribution in [2.45, 2.75) is 18.9 Å².